The van der Waals surface area contributed by atoms with Gasteiger partial charge in [0.05, 0.1) is 18.8 Å². The van der Waals surface area contributed by atoms with Gasteiger partial charge in [-0.3, -0.25) is 4.79 Å². The maximum atomic E-state index is 12.4. The molecule has 0 aromatic carbocycles. The number of carbonyl (C=O) groups excluding carboxylic acids is 1. The Morgan fingerprint density at radius 1 is 1.26 bits per heavy atom. The zero-order valence-electron chi connectivity index (χ0n) is 13.6. The van der Waals surface area contributed by atoms with Gasteiger partial charge in [0.1, 0.15) is 30.2 Å². The highest BCUT2D eigenvalue weighted by Crippen LogP contribution is 2.41. The molecule has 1 saturated carbocycles. The summed E-state index contributed by atoms with van der Waals surface area (Å²) in [4.78, 5) is 12.4. The molecule has 132 valence electrons. The van der Waals surface area contributed by atoms with Crippen LogP contribution in [0.25, 0.3) is 0 Å². The standard InChI is InChI=1S/C16H26O7/c1-8-3-4-9(10(18)5-8)16(2)7-21-15-14(23-16)13(20)12(19)11(6-17)22-15/h8-9,11-15,17,19-20H,3-7H2,1-2H3/t8-,9-,11+,12+,13-,14+,15+,16-/m0/s1. The molecule has 7 heteroatoms. The average Bonchev–Trinajstić information content (AvgIpc) is 2.51. The first kappa shape index (κ1) is 17.3. The number of Topliss-reactive ketones (excluding diaryl/α,β-unsaturated/α-hetero) is 1. The van der Waals surface area contributed by atoms with E-state index >= 15 is 0 Å². The van der Waals surface area contributed by atoms with Crippen LogP contribution in [0.5, 0.6) is 0 Å². The second kappa shape index (κ2) is 6.38. The normalized spacial score (nSPS) is 51.3. The highest BCUT2D eigenvalue weighted by atomic mass is 16.7. The number of aliphatic hydroxyl groups excluding tert-OH is 3. The highest BCUT2D eigenvalue weighted by Gasteiger charge is 2.54. The minimum absolute atomic E-state index is 0.160. The molecule has 3 aliphatic rings. The van der Waals surface area contributed by atoms with Crippen molar-refractivity contribution in [3.63, 3.8) is 0 Å². The number of aliphatic hydroxyl groups is 3. The third-order valence-corrected chi connectivity index (χ3v) is 5.39. The first-order chi connectivity index (χ1) is 10.9. The fourth-order valence-electron chi connectivity index (χ4n) is 3.94. The number of ketones is 1. The molecule has 0 amide bonds. The van der Waals surface area contributed by atoms with E-state index in [-0.39, 0.29) is 18.3 Å². The average molecular weight is 330 g/mol. The van der Waals surface area contributed by atoms with Gasteiger partial charge >= 0.3 is 0 Å². The number of carbonyl (C=O) groups is 1. The van der Waals surface area contributed by atoms with Crippen molar-refractivity contribution >= 4 is 5.78 Å². The van der Waals surface area contributed by atoms with Crippen LogP contribution in [0, 0.1) is 11.8 Å². The second-order valence-electron chi connectivity index (χ2n) is 7.32. The molecular formula is C16H26O7. The van der Waals surface area contributed by atoms with E-state index in [2.05, 4.69) is 6.92 Å². The Hall–Kier alpha value is -0.570. The van der Waals surface area contributed by atoms with E-state index in [0.29, 0.717) is 12.3 Å². The van der Waals surface area contributed by atoms with Crippen molar-refractivity contribution < 1.29 is 34.3 Å². The lowest BCUT2D eigenvalue weighted by molar-refractivity contribution is -0.371. The van der Waals surface area contributed by atoms with Gasteiger partial charge in [0.2, 0.25) is 0 Å². The number of fused-ring (bicyclic) bond motifs is 1. The third-order valence-electron chi connectivity index (χ3n) is 5.39. The summed E-state index contributed by atoms with van der Waals surface area (Å²) in [5.74, 6) is 0.267. The summed E-state index contributed by atoms with van der Waals surface area (Å²) < 4.78 is 17.2. The predicted molar refractivity (Wildman–Crippen MR) is 78.5 cm³/mol. The molecule has 3 N–H and O–H groups in total. The number of ether oxygens (including phenoxy) is 3. The molecule has 0 spiro atoms. The topological polar surface area (TPSA) is 105 Å². The van der Waals surface area contributed by atoms with Crippen LogP contribution in [0.3, 0.4) is 0 Å². The number of rotatable bonds is 2. The zero-order valence-corrected chi connectivity index (χ0v) is 13.6. The van der Waals surface area contributed by atoms with Gasteiger partial charge in [0, 0.05) is 12.3 Å². The van der Waals surface area contributed by atoms with E-state index in [1.807, 2.05) is 6.92 Å². The van der Waals surface area contributed by atoms with Crippen LogP contribution in [0.1, 0.15) is 33.1 Å². The largest absolute Gasteiger partial charge is 0.394 e. The van der Waals surface area contributed by atoms with E-state index in [1.165, 1.54) is 0 Å². The van der Waals surface area contributed by atoms with Crippen LogP contribution in [-0.2, 0) is 19.0 Å². The summed E-state index contributed by atoms with van der Waals surface area (Å²) in [5.41, 5.74) is -0.839. The summed E-state index contributed by atoms with van der Waals surface area (Å²) >= 11 is 0. The molecule has 8 atom stereocenters. The molecule has 0 bridgehead atoms. The van der Waals surface area contributed by atoms with Crippen molar-refractivity contribution in [2.24, 2.45) is 11.8 Å². The molecule has 1 aliphatic carbocycles. The lowest BCUT2D eigenvalue weighted by Crippen LogP contribution is -2.67. The Kier molecular flexibility index (Phi) is 4.79. The van der Waals surface area contributed by atoms with Gasteiger partial charge < -0.3 is 29.5 Å². The van der Waals surface area contributed by atoms with Gasteiger partial charge in [0.25, 0.3) is 0 Å². The molecule has 0 aromatic heterocycles. The van der Waals surface area contributed by atoms with E-state index in [4.69, 9.17) is 14.2 Å². The molecule has 2 saturated heterocycles. The molecule has 23 heavy (non-hydrogen) atoms. The summed E-state index contributed by atoms with van der Waals surface area (Å²) in [6, 6.07) is 0. The maximum absolute atomic E-state index is 12.4. The molecular weight excluding hydrogens is 304 g/mol. The lowest BCUT2D eigenvalue weighted by Gasteiger charge is -2.51. The van der Waals surface area contributed by atoms with E-state index < -0.39 is 42.9 Å². The van der Waals surface area contributed by atoms with Crippen molar-refractivity contribution in [2.45, 2.75) is 69.4 Å². The SMILES string of the molecule is C[C@H]1CC[C@H]([C@]2(C)CO[C@@H]3O[C@H](CO)[C@@H](O)[C@H](O)[C@H]3O2)C(=O)C1. The summed E-state index contributed by atoms with van der Waals surface area (Å²) in [7, 11) is 0. The highest BCUT2D eigenvalue weighted by molar-refractivity contribution is 5.83. The quantitative estimate of drug-likeness (QED) is 0.633. The minimum atomic E-state index is -1.26. The summed E-state index contributed by atoms with van der Waals surface area (Å²) in [5, 5.41) is 29.5. The van der Waals surface area contributed by atoms with Crippen molar-refractivity contribution in [3.05, 3.63) is 0 Å². The van der Waals surface area contributed by atoms with Crippen LogP contribution in [0.15, 0.2) is 0 Å². The first-order valence-electron chi connectivity index (χ1n) is 8.30. The second-order valence-corrected chi connectivity index (χ2v) is 7.32. The third kappa shape index (κ3) is 3.06. The molecule has 0 radical (unpaired) electrons. The monoisotopic (exact) mass is 330 g/mol. The Bertz CT molecular complexity index is 454. The molecule has 3 rings (SSSR count). The maximum Gasteiger partial charge on any atom is 0.187 e. The van der Waals surface area contributed by atoms with Crippen LogP contribution in [0.2, 0.25) is 0 Å². The molecule has 2 heterocycles. The van der Waals surface area contributed by atoms with Crippen molar-refractivity contribution in [1.82, 2.24) is 0 Å². The molecule has 2 aliphatic heterocycles. The Labute approximate surface area is 135 Å². The Morgan fingerprint density at radius 3 is 2.65 bits per heavy atom. The van der Waals surface area contributed by atoms with Crippen LogP contribution in [-0.4, -0.2) is 70.6 Å². The van der Waals surface area contributed by atoms with E-state index in [1.54, 1.807) is 0 Å². The van der Waals surface area contributed by atoms with Gasteiger partial charge in [-0.15, -0.1) is 0 Å². The van der Waals surface area contributed by atoms with Crippen LogP contribution in [0.4, 0.5) is 0 Å². The molecule has 0 unspecified atom stereocenters. The number of hydrogen-bond donors (Lipinski definition) is 3. The predicted octanol–water partition coefficient (Wildman–Crippen LogP) is -0.395. The Balaban J connectivity index is 1.74. The van der Waals surface area contributed by atoms with Crippen LogP contribution >= 0.6 is 0 Å². The van der Waals surface area contributed by atoms with Crippen molar-refractivity contribution in [3.8, 4) is 0 Å². The molecule has 0 aromatic rings. The van der Waals surface area contributed by atoms with E-state index in [0.717, 1.165) is 12.8 Å². The molecule has 7 nitrogen and oxygen atoms in total. The smallest absolute Gasteiger partial charge is 0.187 e. The first-order valence-corrected chi connectivity index (χ1v) is 8.30. The summed E-state index contributed by atoms with van der Waals surface area (Å²) in [6.45, 7) is 3.65. The van der Waals surface area contributed by atoms with Gasteiger partial charge in [0.15, 0.2) is 6.29 Å². The van der Waals surface area contributed by atoms with Gasteiger partial charge in [-0.25, -0.2) is 0 Å². The Morgan fingerprint density at radius 2 is 2.00 bits per heavy atom. The fraction of sp³-hybridized carbons (Fsp3) is 0.938. The van der Waals surface area contributed by atoms with Crippen molar-refractivity contribution in [1.29, 1.82) is 0 Å². The van der Waals surface area contributed by atoms with Crippen molar-refractivity contribution in [2.75, 3.05) is 13.2 Å². The van der Waals surface area contributed by atoms with E-state index in [9.17, 15) is 20.1 Å². The summed E-state index contributed by atoms with van der Waals surface area (Å²) in [6.07, 6.45) is -2.90. The van der Waals surface area contributed by atoms with Gasteiger partial charge in [-0.05, 0) is 25.7 Å². The number of hydrogen-bond acceptors (Lipinski definition) is 7. The van der Waals surface area contributed by atoms with Crippen LogP contribution < -0.4 is 0 Å². The van der Waals surface area contributed by atoms with Gasteiger partial charge in [-0.1, -0.05) is 6.92 Å². The van der Waals surface area contributed by atoms with Gasteiger partial charge in [-0.2, -0.15) is 0 Å². The lowest BCUT2D eigenvalue weighted by atomic mass is 9.73. The zero-order chi connectivity index (χ0) is 16.8. The molecule has 3 fully saturated rings. The minimum Gasteiger partial charge on any atom is -0.394 e. The fourth-order valence-corrected chi connectivity index (χ4v) is 3.94.